The molecule has 0 aromatic heterocycles. The number of halogens is 1. The monoisotopic (exact) mass is 264 g/mol. The molecule has 5 heteroatoms. The van der Waals surface area contributed by atoms with Crippen LogP contribution in [-0.2, 0) is 4.74 Å². The summed E-state index contributed by atoms with van der Waals surface area (Å²) in [4.78, 5) is 12.0. The second kappa shape index (κ2) is 7.52. The number of benzene rings is 1. The average molecular weight is 264 g/mol. The summed E-state index contributed by atoms with van der Waals surface area (Å²) in [6.07, 6.45) is 0. The Kier molecular flexibility index (Phi) is 6.00. The normalized spacial score (nSPS) is 11.4. The Hall–Kier alpha value is -1.90. The highest BCUT2D eigenvalue weighted by Gasteiger charge is 2.14. The summed E-state index contributed by atoms with van der Waals surface area (Å²) in [5.41, 5.74) is 5.94. The largest absolute Gasteiger partial charge is 0.383 e. The Morgan fingerprint density at radius 1 is 1.58 bits per heavy atom. The molecule has 0 heterocycles. The van der Waals surface area contributed by atoms with Gasteiger partial charge in [0, 0.05) is 18.7 Å². The predicted molar refractivity (Wildman–Crippen MR) is 71.1 cm³/mol. The maximum Gasteiger partial charge on any atom is 0.252 e. The highest BCUT2D eigenvalue weighted by molar-refractivity contribution is 5.96. The number of methoxy groups -OCH3 is 1. The molecule has 0 saturated carbocycles. The molecule has 0 aliphatic carbocycles. The van der Waals surface area contributed by atoms with Crippen molar-refractivity contribution in [2.24, 2.45) is 5.73 Å². The molecule has 0 spiro atoms. The van der Waals surface area contributed by atoms with Crippen molar-refractivity contribution in [2.75, 3.05) is 20.3 Å². The fourth-order valence-electron chi connectivity index (χ4n) is 1.55. The summed E-state index contributed by atoms with van der Waals surface area (Å²) in [6, 6.07) is 3.72. The van der Waals surface area contributed by atoms with E-state index in [1.165, 1.54) is 12.1 Å². The lowest BCUT2D eigenvalue weighted by atomic mass is 10.1. The number of hydrogen-bond donors (Lipinski definition) is 2. The molecule has 0 radical (unpaired) electrons. The molecule has 3 N–H and O–H groups in total. The fraction of sp³-hybridized carbons (Fsp3) is 0.357. The van der Waals surface area contributed by atoms with Gasteiger partial charge in [0.2, 0.25) is 0 Å². The van der Waals surface area contributed by atoms with Crippen LogP contribution in [0.1, 0.15) is 22.8 Å². The lowest BCUT2D eigenvalue weighted by Gasteiger charge is -2.13. The summed E-state index contributed by atoms with van der Waals surface area (Å²) in [7, 11) is 1.54. The van der Waals surface area contributed by atoms with Crippen LogP contribution in [0.2, 0.25) is 0 Å². The third kappa shape index (κ3) is 4.70. The fourth-order valence-corrected chi connectivity index (χ4v) is 1.55. The number of rotatable bonds is 4. The first-order chi connectivity index (χ1) is 9.08. The molecule has 1 unspecified atom stereocenters. The van der Waals surface area contributed by atoms with Crippen LogP contribution in [0.25, 0.3) is 0 Å². The maximum absolute atomic E-state index is 13.2. The van der Waals surface area contributed by atoms with Crippen LogP contribution in [0.4, 0.5) is 4.39 Å². The quantitative estimate of drug-likeness (QED) is 0.794. The van der Waals surface area contributed by atoms with Crippen LogP contribution in [0.15, 0.2) is 18.2 Å². The topological polar surface area (TPSA) is 64.3 Å². The summed E-state index contributed by atoms with van der Waals surface area (Å²) in [5, 5.41) is 2.71. The Balaban J connectivity index is 2.97. The minimum atomic E-state index is -0.483. The van der Waals surface area contributed by atoms with Crippen molar-refractivity contribution >= 4 is 5.91 Å². The van der Waals surface area contributed by atoms with Crippen molar-refractivity contribution < 1.29 is 13.9 Å². The van der Waals surface area contributed by atoms with Gasteiger partial charge in [0.05, 0.1) is 18.7 Å². The molecule has 4 nitrogen and oxygen atoms in total. The summed E-state index contributed by atoms with van der Waals surface area (Å²) in [6.45, 7) is 2.36. The smallest absolute Gasteiger partial charge is 0.252 e. The van der Waals surface area contributed by atoms with Gasteiger partial charge in [-0.25, -0.2) is 4.39 Å². The minimum absolute atomic E-state index is 0.170. The van der Waals surface area contributed by atoms with Crippen LogP contribution >= 0.6 is 0 Å². The second-order valence-electron chi connectivity index (χ2n) is 4.03. The number of nitrogens with one attached hydrogen (secondary N) is 1. The van der Waals surface area contributed by atoms with Crippen LogP contribution in [0, 0.1) is 17.7 Å². The summed E-state index contributed by atoms with van der Waals surface area (Å²) < 4.78 is 18.2. The number of ether oxygens (including phenoxy) is 1. The lowest BCUT2D eigenvalue weighted by Crippen LogP contribution is -2.36. The number of nitrogens with two attached hydrogens (primary N) is 1. The number of amides is 1. The molecular formula is C14H17FN2O2. The Bertz CT molecular complexity index is 506. The number of hydrogen-bond acceptors (Lipinski definition) is 3. The van der Waals surface area contributed by atoms with Crippen LogP contribution < -0.4 is 11.1 Å². The van der Waals surface area contributed by atoms with Gasteiger partial charge in [-0.15, -0.1) is 0 Å². The molecule has 1 aromatic rings. The van der Waals surface area contributed by atoms with Crippen molar-refractivity contribution in [3.63, 3.8) is 0 Å². The Morgan fingerprint density at radius 2 is 2.32 bits per heavy atom. The third-order valence-electron chi connectivity index (χ3n) is 2.35. The first-order valence-corrected chi connectivity index (χ1v) is 5.86. The van der Waals surface area contributed by atoms with Crippen molar-refractivity contribution in [1.29, 1.82) is 0 Å². The van der Waals surface area contributed by atoms with Gasteiger partial charge in [0.1, 0.15) is 5.82 Å². The van der Waals surface area contributed by atoms with E-state index >= 15 is 0 Å². The summed E-state index contributed by atoms with van der Waals surface area (Å²) in [5.74, 6) is 4.53. The van der Waals surface area contributed by atoms with E-state index in [0.29, 0.717) is 12.2 Å². The van der Waals surface area contributed by atoms with Gasteiger partial charge in [-0.2, -0.15) is 0 Å². The van der Waals surface area contributed by atoms with E-state index in [4.69, 9.17) is 10.5 Å². The van der Waals surface area contributed by atoms with Crippen molar-refractivity contribution in [3.8, 4) is 11.8 Å². The zero-order valence-electron chi connectivity index (χ0n) is 11.0. The van der Waals surface area contributed by atoms with Gasteiger partial charge >= 0.3 is 0 Å². The molecule has 0 aliphatic rings. The van der Waals surface area contributed by atoms with Gasteiger partial charge in [0.15, 0.2) is 0 Å². The Labute approximate surface area is 112 Å². The van der Waals surface area contributed by atoms with Gasteiger partial charge in [-0.1, -0.05) is 11.8 Å². The molecule has 19 heavy (non-hydrogen) atoms. The number of carbonyl (C=O) groups is 1. The maximum atomic E-state index is 13.2. The molecule has 0 saturated heterocycles. The number of carbonyl (C=O) groups excluding carboxylic acids is 1. The zero-order chi connectivity index (χ0) is 14.3. The SMILES string of the molecule is COCC(C)NC(=O)c1cc(F)ccc1C#CCN. The zero-order valence-corrected chi connectivity index (χ0v) is 11.0. The van der Waals surface area contributed by atoms with Gasteiger partial charge in [-0.3, -0.25) is 4.79 Å². The highest BCUT2D eigenvalue weighted by atomic mass is 19.1. The molecule has 1 rings (SSSR count). The predicted octanol–water partition coefficient (Wildman–Crippen LogP) is 0.901. The van der Waals surface area contributed by atoms with Crippen molar-refractivity contribution in [1.82, 2.24) is 5.32 Å². The van der Waals surface area contributed by atoms with E-state index in [1.807, 2.05) is 0 Å². The molecule has 0 aliphatic heterocycles. The molecule has 0 fully saturated rings. The van der Waals surface area contributed by atoms with Crippen LogP contribution in [0.3, 0.4) is 0 Å². The molecule has 1 amide bonds. The first-order valence-electron chi connectivity index (χ1n) is 5.86. The van der Waals surface area contributed by atoms with Crippen molar-refractivity contribution in [3.05, 3.63) is 35.1 Å². The Morgan fingerprint density at radius 3 is 2.95 bits per heavy atom. The molecule has 102 valence electrons. The van der Waals surface area contributed by atoms with Crippen molar-refractivity contribution in [2.45, 2.75) is 13.0 Å². The standard InChI is InChI=1S/C14H17FN2O2/c1-10(9-19-2)17-14(18)13-8-12(15)6-5-11(13)4-3-7-16/h5-6,8,10H,7,9,16H2,1-2H3,(H,17,18). The van der Waals surface area contributed by atoms with E-state index in [-0.39, 0.29) is 24.1 Å². The van der Waals surface area contributed by atoms with Gasteiger partial charge in [0.25, 0.3) is 5.91 Å². The summed E-state index contributed by atoms with van der Waals surface area (Å²) >= 11 is 0. The molecule has 0 bridgehead atoms. The lowest BCUT2D eigenvalue weighted by molar-refractivity contribution is 0.0905. The first kappa shape index (κ1) is 15.2. The minimum Gasteiger partial charge on any atom is -0.383 e. The molecular weight excluding hydrogens is 247 g/mol. The van der Waals surface area contributed by atoms with E-state index in [9.17, 15) is 9.18 Å². The van der Waals surface area contributed by atoms with E-state index in [0.717, 1.165) is 6.07 Å². The average Bonchev–Trinajstić information content (AvgIpc) is 2.37. The van der Waals surface area contributed by atoms with Gasteiger partial charge < -0.3 is 15.8 Å². The molecule has 1 aromatic carbocycles. The van der Waals surface area contributed by atoms with E-state index < -0.39 is 5.82 Å². The molecule has 1 atom stereocenters. The van der Waals surface area contributed by atoms with Gasteiger partial charge in [-0.05, 0) is 25.1 Å². The van der Waals surface area contributed by atoms with E-state index in [1.54, 1.807) is 14.0 Å². The van der Waals surface area contributed by atoms with E-state index in [2.05, 4.69) is 17.2 Å². The van der Waals surface area contributed by atoms with Crippen LogP contribution in [-0.4, -0.2) is 32.2 Å². The second-order valence-corrected chi connectivity index (χ2v) is 4.03. The highest BCUT2D eigenvalue weighted by Crippen LogP contribution is 2.10. The third-order valence-corrected chi connectivity index (χ3v) is 2.35. The van der Waals surface area contributed by atoms with Crippen LogP contribution in [0.5, 0.6) is 0 Å².